The van der Waals surface area contributed by atoms with Crippen LogP contribution in [0.2, 0.25) is 0 Å². The summed E-state index contributed by atoms with van der Waals surface area (Å²) in [6, 6.07) is 9.49. The van der Waals surface area contributed by atoms with Crippen molar-refractivity contribution in [1.29, 1.82) is 0 Å². The van der Waals surface area contributed by atoms with Crippen molar-refractivity contribution < 1.29 is 9.53 Å². The van der Waals surface area contributed by atoms with Gasteiger partial charge < -0.3 is 4.74 Å². The molecule has 1 aromatic carbocycles. The summed E-state index contributed by atoms with van der Waals surface area (Å²) in [5, 5.41) is 2.97. The van der Waals surface area contributed by atoms with Gasteiger partial charge in [0, 0.05) is 5.88 Å². The molecule has 1 N–H and O–H groups in total. The number of thiol groups is 1. The number of ether oxygens (including phenoxy) is 1. The molecule has 0 aliphatic heterocycles. The molecule has 1 rings (SSSR count). The second kappa shape index (κ2) is 6.48. The van der Waals surface area contributed by atoms with Crippen LogP contribution in [0, 0.1) is 0 Å². The Balaban J connectivity index is 2.62. The molecule has 1 aromatic rings. The first-order valence-corrected chi connectivity index (χ1v) is 5.37. The molecule has 0 unspecified atom stereocenters. The standard InChI is InChI=1S/C11H15NO2S/c1-14-11(13)10(12-8-15)7-9-5-3-2-4-6-9/h2-6,10,12,15H,7-8H2,1H3/t10-/m0/s1. The average Bonchev–Trinajstić information content (AvgIpc) is 2.29. The van der Waals surface area contributed by atoms with Crippen LogP contribution in [0.1, 0.15) is 5.56 Å². The van der Waals surface area contributed by atoms with E-state index in [1.165, 1.54) is 7.11 Å². The number of hydrogen-bond acceptors (Lipinski definition) is 4. The van der Waals surface area contributed by atoms with Crippen LogP contribution >= 0.6 is 12.6 Å². The summed E-state index contributed by atoms with van der Waals surface area (Å²) in [7, 11) is 1.39. The highest BCUT2D eigenvalue weighted by molar-refractivity contribution is 7.80. The maximum absolute atomic E-state index is 11.4. The second-order valence-corrected chi connectivity index (χ2v) is 3.44. The van der Waals surface area contributed by atoms with E-state index in [0.29, 0.717) is 12.3 Å². The molecule has 0 aliphatic carbocycles. The Morgan fingerprint density at radius 1 is 1.47 bits per heavy atom. The number of hydrogen-bond donors (Lipinski definition) is 2. The summed E-state index contributed by atoms with van der Waals surface area (Å²) in [6.07, 6.45) is 0.619. The van der Waals surface area contributed by atoms with Gasteiger partial charge in [0.25, 0.3) is 0 Å². The summed E-state index contributed by atoms with van der Waals surface area (Å²) < 4.78 is 4.70. The predicted molar refractivity (Wildman–Crippen MR) is 62.9 cm³/mol. The van der Waals surface area contributed by atoms with Gasteiger partial charge in [-0.2, -0.15) is 12.6 Å². The van der Waals surface area contributed by atoms with Crippen LogP contribution in [-0.2, 0) is 16.0 Å². The number of rotatable bonds is 5. The topological polar surface area (TPSA) is 38.3 Å². The fourth-order valence-electron chi connectivity index (χ4n) is 1.34. The van der Waals surface area contributed by atoms with Crippen LogP contribution in [0.15, 0.2) is 30.3 Å². The van der Waals surface area contributed by atoms with Gasteiger partial charge in [0.1, 0.15) is 6.04 Å². The maximum Gasteiger partial charge on any atom is 0.323 e. The van der Waals surface area contributed by atoms with Gasteiger partial charge >= 0.3 is 5.97 Å². The lowest BCUT2D eigenvalue weighted by molar-refractivity contribution is -0.142. The molecule has 0 bridgehead atoms. The largest absolute Gasteiger partial charge is 0.468 e. The Morgan fingerprint density at radius 2 is 2.13 bits per heavy atom. The molecule has 0 spiro atoms. The zero-order valence-corrected chi connectivity index (χ0v) is 9.54. The van der Waals surface area contributed by atoms with Crippen molar-refractivity contribution in [3.63, 3.8) is 0 Å². The number of methoxy groups -OCH3 is 1. The van der Waals surface area contributed by atoms with Crippen molar-refractivity contribution in [2.75, 3.05) is 13.0 Å². The zero-order chi connectivity index (χ0) is 11.1. The maximum atomic E-state index is 11.4. The van der Waals surface area contributed by atoms with Crippen molar-refractivity contribution in [2.45, 2.75) is 12.5 Å². The molecule has 3 nitrogen and oxygen atoms in total. The quantitative estimate of drug-likeness (QED) is 0.450. The van der Waals surface area contributed by atoms with E-state index >= 15 is 0 Å². The monoisotopic (exact) mass is 225 g/mol. The van der Waals surface area contributed by atoms with Gasteiger partial charge in [0.05, 0.1) is 7.11 Å². The van der Waals surface area contributed by atoms with Gasteiger partial charge in [-0.25, -0.2) is 0 Å². The van der Waals surface area contributed by atoms with Crippen molar-refractivity contribution in [1.82, 2.24) is 5.32 Å². The third kappa shape index (κ3) is 3.93. The molecule has 0 fully saturated rings. The first-order chi connectivity index (χ1) is 7.27. The molecule has 4 heteroatoms. The molecule has 0 aliphatic rings. The third-order valence-electron chi connectivity index (χ3n) is 2.11. The van der Waals surface area contributed by atoms with Crippen molar-refractivity contribution in [3.05, 3.63) is 35.9 Å². The molecule has 82 valence electrons. The Hall–Kier alpha value is -1.00. The van der Waals surface area contributed by atoms with Crippen molar-refractivity contribution >= 4 is 18.6 Å². The van der Waals surface area contributed by atoms with Crippen LogP contribution in [0.5, 0.6) is 0 Å². The van der Waals surface area contributed by atoms with Crippen LogP contribution in [-0.4, -0.2) is 25.0 Å². The highest BCUT2D eigenvalue weighted by Crippen LogP contribution is 2.04. The average molecular weight is 225 g/mol. The summed E-state index contributed by atoms with van der Waals surface area (Å²) in [6.45, 7) is 0. The van der Waals surface area contributed by atoms with Gasteiger partial charge in [0.2, 0.25) is 0 Å². The highest BCUT2D eigenvalue weighted by Gasteiger charge is 2.17. The normalized spacial score (nSPS) is 12.1. The van der Waals surface area contributed by atoms with Gasteiger partial charge in [-0.1, -0.05) is 30.3 Å². The van der Waals surface area contributed by atoms with E-state index in [-0.39, 0.29) is 12.0 Å². The predicted octanol–water partition coefficient (Wildman–Crippen LogP) is 1.25. The number of carbonyl (C=O) groups excluding carboxylic acids is 1. The molecule has 15 heavy (non-hydrogen) atoms. The van der Waals surface area contributed by atoms with Crippen LogP contribution in [0.25, 0.3) is 0 Å². The van der Waals surface area contributed by atoms with Crippen molar-refractivity contribution in [2.24, 2.45) is 0 Å². The lowest BCUT2D eigenvalue weighted by Gasteiger charge is -2.14. The fourth-order valence-corrected chi connectivity index (χ4v) is 1.56. The highest BCUT2D eigenvalue weighted by atomic mass is 32.1. The van der Waals surface area contributed by atoms with E-state index in [9.17, 15) is 4.79 Å². The van der Waals surface area contributed by atoms with Gasteiger partial charge in [-0.3, -0.25) is 10.1 Å². The molecule has 0 heterocycles. The van der Waals surface area contributed by atoms with Crippen LogP contribution in [0.3, 0.4) is 0 Å². The van der Waals surface area contributed by atoms with E-state index in [1.54, 1.807) is 0 Å². The summed E-state index contributed by atoms with van der Waals surface area (Å²) in [4.78, 5) is 11.4. The van der Waals surface area contributed by atoms with Crippen LogP contribution < -0.4 is 5.32 Å². The number of carbonyl (C=O) groups is 1. The molecule has 0 saturated heterocycles. The second-order valence-electron chi connectivity index (χ2n) is 3.13. The minimum absolute atomic E-state index is 0.257. The van der Waals surface area contributed by atoms with E-state index in [2.05, 4.69) is 17.9 Å². The summed E-state index contributed by atoms with van der Waals surface area (Å²) in [5.74, 6) is 0.194. The summed E-state index contributed by atoms with van der Waals surface area (Å²) in [5.41, 5.74) is 1.10. The Kier molecular flexibility index (Phi) is 5.21. The fraction of sp³-hybridized carbons (Fsp3) is 0.364. The Bertz CT molecular complexity index is 303. The first-order valence-electron chi connectivity index (χ1n) is 4.74. The number of esters is 1. The minimum Gasteiger partial charge on any atom is -0.468 e. The SMILES string of the molecule is COC(=O)[C@H](Cc1ccccc1)NCS. The first kappa shape index (κ1) is 12.1. The smallest absolute Gasteiger partial charge is 0.323 e. The van der Waals surface area contributed by atoms with Gasteiger partial charge in [-0.05, 0) is 12.0 Å². The molecular formula is C11H15NO2S. The lowest BCUT2D eigenvalue weighted by atomic mass is 10.1. The Morgan fingerprint density at radius 3 is 2.67 bits per heavy atom. The molecular weight excluding hydrogens is 210 g/mol. The molecule has 1 atom stereocenters. The Labute approximate surface area is 95.2 Å². The van der Waals surface area contributed by atoms with E-state index < -0.39 is 0 Å². The molecule has 0 aromatic heterocycles. The summed E-state index contributed by atoms with van der Waals surface area (Å²) >= 11 is 4.04. The molecule has 0 saturated carbocycles. The molecule has 0 radical (unpaired) electrons. The zero-order valence-electron chi connectivity index (χ0n) is 8.64. The van der Waals surface area contributed by atoms with E-state index in [4.69, 9.17) is 4.74 Å². The third-order valence-corrected chi connectivity index (χ3v) is 2.29. The molecule has 0 amide bonds. The number of benzene rings is 1. The van der Waals surface area contributed by atoms with E-state index in [1.807, 2.05) is 30.3 Å². The van der Waals surface area contributed by atoms with E-state index in [0.717, 1.165) is 5.56 Å². The van der Waals surface area contributed by atoms with Crippen LogP contribution in [0.4, 0.5) is 0 Å². The lowest BCUT2D eigenvalue weighted by Crippen LogP contribution is -2.38. The van der Waals surface area contributed by atoms with Crippen molar-refractivity contribution in [3.8, 4) is 0 Å². The van der Waals surface area contributed by atoms with Gasteiger partial charge in [-0.15, -0.1) is 0 Å². The van der Waals surface area contributed by atoms with Gasteiger partial charge in [0.15, 0.2) is 0 Å². The number of nitrogens with one attached hydrogen (secondary N) is 1. The minimum atomic E-state index is -0.324.